The number of rotatable bonds is 2. The molecule has 3 rings (SSSR count). The molecule has 0 aliphatic rings. The second-order valence-electron chi connectivity index (χ2n) is 6.36. The van der Waals surface area contributed by atoms with Crippen LogP contribution in [0, 0.1) is 39.5 Å². The van der Waals surface area contributed by atoms with E-state index in [2.05, 4.69) is 52.6 Å². The molecule has 0 spiro atoms. The minimum Gasteiger partial charge on any atom is -0.462 e. The van der Waals surface area contributed by atoms with Gasteiger partial charge < -0.3 is 13.3 Å². The summed E-state index contributed by atoms with van der Waals surface area (Å²) in [6.45, 7) is 11.9. The number of aryl methyl sites for hydroxylation is 5. The van der Waals surface area contributed by atoms with Crippen molar-refractivity contribution < 1.29 is 13.3 Å². The summed E-state index contributed by atoms with van der Waals surface area (Å²) in [7, 11) is 7.58. The lowest BCUT2D eigenvalue weighted by atomic mass is 10.1. The van der Waals surface area contributed by atoms with Crippen LogP contribution in [-0.2, 0) is 6.42 Å². The van der Waals surface area contributed by atoms with E-state index in [-0.39, 0.29) is 0 Å². The average Bonchev–Trinajstić information content (AvgIpc) is 3.19. The van der Waals surface area contributed by atoms with E-state index in [9.17, 15) is 0 Å². The Hall–Kier alpha value is -1.31. The minimum absolute atomic E-state index is 0.843. The van der Waals surface area contributed by atoms with Gasteiger partial charge in [-0.15, -0.1) is 5.92 Å². The van der Waals surface area contributed by atoms with Crippen LogP contribution in [-0.4, -0.2) is 0 Å². The Bertz CT molecular complexity index is 916. The molecule has 3 aromatic rings. The zero-order chi connectivity index (χ0) is 21.3. The van der Waals surface area contributed by atoms with E-state index in [1.54, 1.807) is 0 Å². The van der Waals surface area contributed by atoms with E-state index in [0.29, 0.717) is 0 Å². The second kappa shape index (κ2) is 12.3. The van der Waals surface area contributed by atoms with Gasteiger partial charge in [0.2, 0.25) is 0 Å². The third-order valence-electron chi connectivity index (χ3n) is 3.94. The van der Waals surface area contributed by atoms with Crippen molar-refractivity contribution in [1.29, 1.82) is 0 Å². The van der Waals surface area contributed by atoms with Crippen LogP contribution in [0.25, 0.3) is 0 Å². The van der Waals surface area contributed by atoms with Gasteiger partial charge in [-0.05, 0) is 70.4 Å². The zero-order valence-electron chi connectivity index (χ0n) is 17.6. The molecule has 6 heteroatoms. The normalized spacial score (nSPS) is 9.61. The molecule has 0 radical (unpaired) electrons. The van der Waals surface area contributed by atoms with E-state index in [4.69, 9.17) is 13.3 Å². The van der Waals surface area contributed by atoms with Gasteiger partial charge in [-0.3, -0.25) is 0 Å². The van der Waals surface area contributed by atoms with Crippen LogP contribution in [0.2, 0.25) is 0 Å². The number of hydrogen-bond donors (Lipinski definition) is 0. The van der Waals surface area contributed by atoms with Gasteiger partial charge in [0.25, 0.3) is 0 Å². The molecule has 3 unspecified atom stereocenters. The smallest absolute Gasteiger partial charge is 0.120 e. The first-order valence-corrected chi connectivity index (χ1v) is 10.9. The monoisotopic (exact) mass is 436 g/mol. The summed E-state index contributed by atoms with van der Waals surface area (Å²) in [4.78, 5) is 0. The molecule has 0 bridgehead atoms. The van der Waals surface area contributed by atoms with Gasteiger partial charge >= 0.3 is 0 Å². The molecule has 0 N–H and O–H groups in total. The van der Waals surface area contributed by atoms with Crippen molar-refractivity contribution in [3.63, 3.8) is 0 Å². The fourth-order valence-corrected chi connectivity index (χ4v) is 3.58. The average molecular weight is 436 g/mol. The maximum Gasteiger partial charge on any atom is 0.120 e. The van der Waals surface area contributed by atoms with Crippen molar-refractivity contribution in [2.75, 3.05) is 0 Å². The Morgan fingerprint density at radius 1 is 0.786 bits per heavy atom. The lowest BCUT2D eigenvalue weighted by Gasteiger charge is -1.90. The third-order valence-corrected chi connectivity index (χ3v) is 4.79. The first kappa shape index (κ1) is 24.7. The molecule has 0 aliphatic carbocycles. The molecular weight excluding hydrogens is 405 g/mol. The lowest BCUT2D eigenvalue weighted by Crippen LogP contribution is -1.81. The molecular formula is C22H31O3P3. The molecule has 0 fully saturated rings. The van der Waals surface area contributed by atoms with E-state index in [1.165, 1.54) is 17.5 Å². The van der Waals surface area contributed by atoms with Crippen LogP contribution in [0.4, 0.5) is 0 Å². The lowest BCUT2D eigenvalue weighted by molar-refractivity contribution is 0.561. The van der Waals surface area contributed by atoms with Crippen LogP contribution in [0.15, 0.2) is 31.5 Å². The maximum absolute atomic E-state index is 5.33. The second-order valence-corrected chi connectivity index (χ2v) is 8.07. The van der Waals surface area contributed by atoms with Crippen molar-refractivity contribution in [3.05, 3.63) is 52.2 Å². The van der Waals surface area contributed by atoms with Crippen molar-refractivity contribution in [2.24, 2.45) is 0 Å². The fourth-order valence-electron chi connectivity index (χ4n) is 2.43. The van der Waals surface area contributed by atoms with Crippen molar-refractivity contribution >= 4 is 44.2 Å². The van der Waals surface area contributed by atoms with Crippen molar-refractivity contribution in [3.8, 4) is 11.8 Å². The molecule has 3 atom stereocenters. The summed E-state index contributed by atoms with van der Waals surface area (Å²) < 4.78 is 15.7. The van der Waals surface area contributed by atoms with Gasteiger partial charge in [-0.2, -0.15) is 0 Å². The molecule has 3 aromatic heterocycles. The van der Waals surface area contributed by atoms with Crippen LogP contribution >= 0.6 is 27.7 Å². The highest BCUT2D eigenvalue weighted by atomic mass is 31.0. The summed E-state index contributed by atoms with van der Waals surface area (Å²) in [6, 6.07) is 6.00. The first-order chi connectivity index (χ1) is 13.2. The molecule has 0 amide bonds. The Labute approximate surface area is 176 Å². The highest BCUT2D eigenvalue weighted by molar-refractivity contribution is 7.27. The highest BCUT2D eigenvalue weighted by Crippen LogP contribution is 2.11. The van der Waals surface area contributed by atoms with Crippen LogP contribution in [0.3, 0.4) is 0 Å². The summed E-state index contributed by atoms with van der Waals surface area (Å²) in [5.74, 6) is 8.72. The maximum atomic E-state index is 5.33. The van der Waals surface area contributed by atoms with Gasteiger partial charge in [0.1, 0.15) is 33.8 Å². The Morgan fingerprint density at radius 3 is 1.64 bits per heavy atom. The van der Waals surface area contributed by atoms with Gasteiger partial charge in [-0.25, -0.2) is 0 Å². The molecule has 0 aliphatic heterocycles. The van der Waals surface area contributed by atoms with Crippen molar-refractivity contribution in [2.45, 2.75) is 54.4 Å². The highest BCUT2D eigenvalue weighted by Gasteiger charge is 2.01. The summed E-state index contributed by atoms with van der Waals surface area (Å²) in [6.07, 6.45) is 2.31. The van der Waals surface area contributed by atoms with Crippen LogP contribution in [0.5, 0.6) is 0 Å². The first-order valence-electron chi connectivity index (χ1n) is 9.13. The molecule has 152 valence electrons. The van der Waals surface area contributed by atoms with E-state index >= 15 is 0 Å². The number of furan rings is 3. The van der Waals surface area contributed by atoms with Gasteiger partial charge in [0, 0.05) is 0 Å². The molecule has 28 heavy (non-hydrogen) atoms. The largest absolute Gasteiger partial charge is 0.462 e. The Balaban J connectivity index is 0.000000212. The van der Waals surface area contributed by atoms with Gasteiger partial charge in [0.15, 0.2) is 0 Å². The standard InChI is InChI=1S/C8H13OP.C8H9OP.C6H9OP/c2*1-3-4-7-5-8(10)9-6(7)2;1-4-3-6(8)7-5(4)2/h5H,3-4,10H2,1-2H3;5H,10H2,1-2H3;3H,8H2,1-2H3. The molecule has 0 aromatic carbocycles. The minimum atomic E-state index is 0.843. The quantitative estimate of drug-likeness (QED) is 0.424. The zero-order valence-corrected chi connectivity index (χ0v) is 21.1. The van der Waals surface area contributed by atoms with E-state index < -0.39 is 0 Å². The van der Waals surface area contributed by atoms with Crippen LogP contribution < -0.4 is 16.5 Å². The Kier molecular flexibility index (Phi) is 10.9. The Morgan fingerprint density at radius 2 is 1.32 bits per heavy atom. The molecule has 0 saturated heterocycles. The fraction of sp³-hybridized carbons (Fsp3) is 0.364. The van der Waals surface area contributed by atoms with Gasteiger partial charge in [0.05, 0.1) is 5.56 Å². The number of hydrogen-bond acceptors (Lipinski definition) is 3. The SMILES string of the molecule is CC#Cc1cc(P)oc1C.CCCc1cc(P)oc1C.Cc1cc(P)oc1C. The predicted octanol–water partition coefficient (Wildman–Crippen LogP) is 4.90. The van der Waals surface area contributed by atoms with Crippen molar-refractivity contribution in [1.82, 2.24) is 0 Å². The molecule has 3 nitrogen and oxygen atoms in total. The summed E-state index contributed by atoms with van der Waals surface area (Å²) in [5.41, 5.74) is 6.24. The van der Waals surface area contributed by atoms with E-state index in [0.717, 1.165) is 45.8 Å². The third kappa shape index (κ3) is 8.37. The predicted molar refractivity (Wildman–Crippen MR) is 130 cm³/mol. The topological polar surface area (TPSA) is 39.4 Å². The summed E-state index contributed by atoms with van der Waals surface area (Å²) in [5, 5.41) is 0. The summed E-state index contributed by atoms with van der Waals surface area (Å²) >= 11 is 0. The van der Waals surface area contributed by atoms with Crippen LogP contribution in [0.1, 0.15) is 54.2 Å². The van der Waals surface area contributed by atoms with E-state index in [1.807, 2.05) is 46.8 Å². The van der Waals surface area contributed by atoms with Gasteiger partial charge in [-0.1, -0.05) is 47.0 Å². The molecule has 3 heterocycles. The molecule has 0 saturated carbocycles.